The molecule has 0 aliphatic carbocycles. The molecule has 2 fully saturated rings. The van der Waals surface area contributed by atoms with Gasteiger partial charge in [-0.05, 0) is 30.9 Å². The number of alkyl halides is 2. The molecule has 3 aliphatic rings. The third-order valence-electron chi connectivity index (χ3n) is 7.51. The van der Waals surface area contributed by atoms with Crippen molar-refractivity contribution in [3.05, 3.63) is 30.0 Å². The van der Waals surface area contributed by atoms with E-state index in [-0.39, 0.29) is 22.5 Å². The minimum atomic E-state index is -3.14. The van der Waals surface area contributed by atoms with Crippen LogP contribution < -0.4 is 15.5 Å². The second kappa shape index (κ2) is 8.64. The summed E-state index contributed by atoms with van der Waals surface area (Å²) in [6.07, 6.45) is 4.89. The lowest BCUT2D eigenvalue weighted by Crippen LogP contribution is -2.44. The van der Waals surface area contributed by atoms with Gasteiger partial charge in [-0.15, -0.1) is 0 Å². The van der Waals surface area contributed by atoms with Crippen LogP contribution in [-0.4, -0.2) is 48.7 Å². The molecule has 34 heavy (non-hydrogen) atoms. The van der Waals surface area contributed by atoms with Crippen molar-refractivity contribution in [3.8, 4) is 0 Å². The molecule has 1 aromatic heterocycles. The molecule has 5 rings (SSSR count). The normalized spacial score (nSPS) is 22.9. The molecular weight excluding hydrogens is 460 g/mol. The number of aromatic nitrogens is 2. The van der Waals surface area contributed by atoms with Crippen molar-refractivity contribution in [1.82, 2.24) is 9.97 Å². The van der Waals surface area contributed by atoms with Crippen molar-refractivity contribution in [2.24, 2.45) is 11.3 Å². The number of anilines is 3. The summed E-state index contributed by atoms with van der Waals surface area (Å²) in [6, 6.07) is 4.81. The zero-order valence-corrected chi connectivity index (χ0v) is 20.2. The maximum atomic E-state index is 14.8. The number of halogens is 2. The van der Waals surface area contributed by atoms with Crippen molar-refractivity contribution in [1.29, 1.82) is 0 Å². The first-order valence-corrected chi connectivity index (χ1v) is 12.5. The lowest BCUT2D eigenvalue weighted by molar-refractivity contribution is -0.117. The molecule has 10 heteroatoms. The Labute approximate surface area is 202 Å². The Morgan fingerprint density at radius 1 is 1.32 bits per heavy atom. The zero-order chi connectivity index (χ0) is 24.1. The molecule has 4 heterocycles. The van der Waals surface area contributed by atoms with Crippen molar-refractivity contribution >= 4 is 35.0 Å². The van der Waals surface area contributed by atoms with Gasteiger partial charge in [0.25, 0.3) is 5.92 Å². The summed E-state index contributed by atoms with van der Waals surface area (Å²) < 4.78 is 35.4. The van der Waals surface area contributed by atoms with Crippen molar-refractivity contribution in [2.75, 3.05) is 48.4 Å². The smallest absolute Gasteiger partial charge is 0.293 e. The maximum absolute atomic E-state index is 14.8. The Balaban J connectivity index is 1.34. The third kappa shape index (κ3) is 3.90. The summed E-state index contributed by atoms with van der Waals surface area (Å²) in [7, 11) is 0. The average Bonchev–Trinajstić information content (AvgIpc) is 3.33. The van der Waals surface area contributed by atoms with Gasteiger partial charge in [-0.25, -0.2) is 9.97 Å². The first-order valence-electron chi connectivity index (χ1n) is 11.7. The van der Waals surface area contributed by atoms with E-state index in [1.54, 1.807) is 24.4 Å². The molecule has 0 unspecified atom stereocenters. The molecule has 1 spiro atoms. The molecule has 7 nitrogen and oxygen atoms in total. The number of hydrogen-bond donors (Lipinski definition) is 1. The zero-order valence-electron chi connectivity index (χ0n) is 19.4. The summed E-state index contributed by atoms with van der Waals surface area (Å²) in [5.41, 5.74) is 6.56. The summed E-state index contributed by atoms with van der Waals surface area (Å²) in [5, 5.41) is 0.373. The molecule has 2 saturated heterocycles. The second-order valence-corrected chi connectivity index (χ2v) is 10.5. The van der Waals surface area contributed by atoms with Gasteiger partial charge in [-0.3, -0.25) is 4.79 Å². The van der Waals surface area contributed by atoms with Gasteiger partial charge in [0.15, 0.2) is 5.82 Å². The molecule has 2 aromatic rings. The van der Waals surface area contributed by atoms with Crippen LogP contribution in [0.2, 0.25) is 0 Å². The fraction of sp³-hybridized carbons (Fsp3) is 0.542. The van der Waals surface area contributed by atoms with Crippen LogP contribution in [0.3, 0.4) is 0 Å². The summed E-state index contributed by atoms with van der Waals surface area (Å²) in [6.45, 7) is 6.26. The molecule has 3 aliphatic heterocycles. The monoisotopic (exact) mass is 489 g/mol. The van der Waals surface area contributed by atoms with Gasteiger partial charge in [-0.1, -0.05) is 31.2 Å². The highest BCUT2D eigenvalue weighted by atomic mass is 32.2. The van der Waals surface area contributed by atoms with Crippen molar-refractivity contribution < 1.29 is 18.3 Å². The van der Waals surface area contributed by atoms with Gasteiger partial charge < -0.3 is 20.3 Å². The Morgan fingerprint density at radius 2 is 2.09 bits per heavy atom. The minimum Gasteiger partial charge on any atom is -0.381 e. The Kier molecular flexibility index (Phi) is 5.92. The second-order valence-electron chi connectivity index (χ2n) is 9.45. The number of nitrogens with zero attached hydrogens (tertiary/aromatic N) is 4. The molecule has 0 radical (unpaired) electrons. The number of rotatable bonds is 4. The van der Waals surface area contributed by atoms with Gasteiger partial charge in [0.05, 0.1) is 37.2 Å². The van der Waals surface area contributed by atoms with Crippen molar-refractivity contribution in [2.45, 2.75) is 49.0 Å². The Morgan fingerprint density at radius 3 is 2.76 bits per heavy atom. The third-order valence-corrected chi connectivity index (χ3v) is 8.57. The van der Waals surface area contributed by atoms with Crippen LogP contribution in [0, 0.1) is 11.3 Å². The number of fused-ring (bicyclic) bond motifs is 1. The minimum absolute atomic E-state index is 0.161. The highest BCUT2D eigenvalue weighted by Crippen LogP contribution is 2.49. The number of ether oxygens (including phenoxy) is 1. The first-order chi connectivity index (χ1) is 16.2. The predicted octanol–water partition coefficient (Wildman–Crippen LogP) is 4.31. The standard InChI is InChI=1S/C24H29F2N5O2S/c1-3-16-12-33-14-23(16)7-9-30(10-8-23)19-11-28-22(21(27)29-19)34-18-6-4-5-17-20(18)24(25,26)13-31(17)15(2)32/h4-6,11,16H,3,7-10,12-14H2,1-2H3,(H2,27,29)/t16-/m1/s1. The van der Waals surface area contributed by atoms with Crippen LogP contribution in [0.1, 0.15) is 38.7 Å². The van der Waals surface area contributed by atoms with E-state index in [0.717, 1.165) is 62.2 Å². The van der Waals surface area contributed by atoms with E-state index in [1.807, 2.05) is 0 Å². The molecular formula is C24H29F2N5O2S. The molecule has 182 valence electrons. The Hall–Kier alpha value is -2.46. The number of nitrogen functional groups attached to an aromatic ring is 1. The molecule has 0 bridgehead atoms. The number of nitrogens with two attached hydrogens (primary N) is 1. The van der Waals surface area contributed by atoms with Gasteiger partial charge in [-0.2, -0.15) is 8.78 Å². The lowest BCUT2D eigenvalue weighted by atomic mass is 9.70. The number of amides is 1. The Bertz CT molecular complexity index is 1110. The van der Waals surface area contributed by atoms with E-state index in [1.165, 1.54) is 6.92 Å². The van der Waals surface area contributed by atoms with E-state index in [4.69, 9.17) is 10.5 Å². The summed E-state index contributed by atoms with van der Waals surface area (Å²) in [4.78, 5) is 24.5. The fourth-order valence-corrected chi connectivity index (χ4v) is 6.51. The number of carbonyl (C=O) groups excluding carboxylic acids is 1. The van der Waals surface area contributed by atoms with Gasteiger partial charge in [0.1, 0.15) is 10.8 Å². The summed E-state index contributed by atoms with van der Waals surface area (Å²) >= 11 is 1.06. The van der Waals surface area contributed by atoms with Crippen molar-refractivity contribution in [3.63, 3.8) is 0 Å². The number of piperidine rings is 1. The topological polar surface area (TPSA) is 84.6 Å². The van der Waals surface area contributed by atoms with Gasteiger partial charge in [0, 0.05) is 30.3 Å². The van der Waals surface area contributed by atoms with Crippen LogP contribution in [-0.2, 0) is 15.5 Å². The molecule has 2 N–H and O–H groups in total. The molecule has 1 atom stereocenters. The lowest BCUT2D eigenvalue weighted by Gasteiger charge is -2.42. The average molecular weight is 490 g/mol. The van der Waals surface area contributed by atoms with E-state index >= 15 is 0 Å². The number of carbonyl (C=O) groups is 1. The largest absolute Gasteiger partial charge is 0.381 e. The van der Waals surface area contributed by atoms with E-state index in [0.29, 0.717) is 21.7 Å². The molecule has 1 aromatic carbocycles. The van der Waals surface area contributed by atoms with Gasteiger partial charge >= 0.3 is 0 Å². The van der Waals surface area contributed by atoms with E-state index in [9.17, 15) is 13.6 Å². The molecule has 1 amide bonds. The first kappa shape index (κ1) is 23.3. The van der Waals surface area contributed by atoms with E-state index in [2.05, 4.69) is 21.8 Å². The van der Waals surface area contributed by atoms with Crippen LogP contribution in [0.4, 0.5) is 26.1 Å². The van der Waals surface area contributed by atoms with Crippen LogP contribution in [0.5, 0.6) is 0 Å². The van der Waals surface area contributed by atoms with Crippen LogP contribution in [0.25, 0.3) is 0 Å². The molecule has 0 saturated carbocycles. The quantitative estimate of drug-likeness (QED) is 0.685. The SMILES string of the molecule is CC[C@@H]1COCC12CCN(c1cnc(Sc3cccc4c3C(F)(F)CN4C(C)=O)c(N)n1)CC2. The number of benzene rings is 1. The fourth-order valence-electron chi connectivity index (χ4n) is 5.54. The van der Waals surface area contributed by atoms with E-state index < -0.39 is 18.4 Å². The maximum Gasteiger partial charge on any atom is 0.293 e. The van der Waals surface area contributed by atoms with Crippen LogP contribution >= 0.6 is 11.8 Å². The summed E-state index contributed by atoms with van der Waals surface area (Å²) in [5.74, 6) is -2.04. The van der Waals surface area contributed by atoms with Gasteiger partial charge in [0.2, 0.25) is 5.91 Å². The van der Waals surface area contributed by atoms with Crippen LogP contribution in [0.15, 0.2) is 34.3 Å². The predicted molar refractivity (Wildman–Crippen MR) is 127 cm³/mol. The highest BCUT2D eigenvalue weighted by molar-refractivity contribution is 7.99. The highest BCUT2D eigenvalue weighted by Gasteiger charge is 2.47. The number of hydrogen-bond acceptors (Lipinski definition) is 7.